The quantitative estimate of drug-likeness (QED) is 0.585. The standard InChI is InChI=1S/C19H18BrN3O5S/c20-13-5-8-15-16(10-13)19(26)23(18(15)25)9-1-2-17(24)22-11-12-3-6-14(7-4-12)29(21,27)28/h3-8,10H,1-2,9,11H2,(H,22,24)(H2,21,27,28). The molecule has 3 N–H and O–H groups in total. The topological polar surface area (TPSA) is 127 Å². The van der Waals surface area contributed by atoms with Crippen molar-refractivity contribution >= 4 is 43.7 Å². The summed E-state index contributed by atoms with van der Waals surface area (Å²) >= 11 is 3.28. The molecule has 0 spiro atoms. The van der Waals surface area contributed by atoms with E-state index >= 15 is 0 Å². The number of nitrogens with zero attached hydrogens (tertiary/aromatic N) is 1. The minimum Gasteiger partial charge on any atom is -0.352 e. The van der Waals surface area contributed by atoms with Crippen LogP contribution in [0.1, 0.15) is 39.1 Å². The number of nitrogens with two attached hydrogens (primary N) is 1. The molecule has 0 aromatic heterocycles. The van der Waals surface area contributed by atoms with Crippen LogP contribution in [0.5, 0.6) is 0 Å². The molecule has 0 radical (unpaired) electrons. The molecule has 0 fully saturated rings. The minimum atomic E-state index is -3.75. The van der Waals surface area contributed by atoms with Crippen molar-refractivity contribution in [3.63, 3.8) is 0 Å². The minimum absolute atomic E-state index is 0.000509. The summed E-state index contributed by atoms with van der Waals surface area (Å²) in [6.07, 6.45) is 0.481. The monoisotopic (exact) mass is 479 g/mol. The zero-order valence-electron chi connectivity index (χ0n) is 15.2. The van der Waals surface area contributed by atoms with Crippen molar-refractivity contribution in [1.29, 1.82) is 0 Å². The van der Waals surface area contributed by atoms with E-state index in [4.69, 9.17) is 5.14 Å². The van der Waals surface area contributed by atoms with Gasteiger partial charge in [0.25, 0.3) is 11.8 Å². The number of amides is 3. The second-order valence-electron chi connectivity index (χ2n) is 6.52. The van der Waals surface area contributed by atoms with Gasteiger partial charge in [0.05, 0.1) is 16.0 Å². The number of halogens is 1. The fourth-order valence-electron chi connectivity index (χ4n) is 2.95. The number of hydrogen-bond donors (Lipinski definition) is 2. The second kappa shape index (κ2) is 8.44. The van der Waals surface area contributed by atoms with E-state index in [2.05, 4.69) is 21.2 Å². The van der Waals surface area contributed by atoms with Crippen LogP contribution in [0.4, 0.5) is 0 Å². The van der Waals surface area contributed by atoms with E-state index in [1.54, 1.807) is 30.3 Å². The first-order chi connectivity index (χ1) is 13.7. The molecular weight excluding hydrogens is 462 g/mol. The van der Waals surface area contributed by atoms with Crippen LogP contribution in [0.3, 0.4) is 0 Å². The first-order valence-corrected chi connectivity index (χ1v) is 11.0. The van der Waals surface area contributed by atoms with Gasteiger partial charge in [0.1, 0.15) is 0 Å². The summed E-state index contributed by atoms with van der Waals surface area (Å²) in [5, 5.41) is 7.75. The molecule has 0 aliphatic carbocycles. The third-order valence-corrected chi connectivity index (χ3v) is 5.88. The molecule has 29 heavy (non-hydrogen) atoms. The van der Waals surface area contributed by atoms with E-state index in [-0.39, 0.29) is 42.1 Å². The number of benzene rings is 2. The summed E-state index contributed by atoms with van der Waals surface area (Å²) in [6, 6.07) is 10.8. The van der Waals surface area contributed by atoms with Gasteiger partial charge in [0.15, 0.2) is 0 Å². The molecule has 1 aliphatic heterocycles. The van der Waals surface area contributed by atoms with Gasteiger partial charge >= 0.3 is 0 Å². The van der Waals surface area contributed by atoms with E-state index in [1.165, 1.54) is 12.1 Å². The lowest BCUT2D eigenvalue weighted by molar-refractivity contribution is -0.121. The first kappa shape index (κ1) is 21.2. The molecule has 152 valence electrons. The molecule has 0 saturated carbocycles. The third kappa shape index (κ3) is 4.89. The van der Waals surface area contributed by atoms with E-state index in [9.17, 15) is 22.8 Å². The van der Waals surface area contributed by atoms with Crippen LogP contribution in [0.25, 0.3) is 0 Å². The van der Waals surface area contributed by atoms with Gasteiger partial charge in [-0.3, -0.25) is 19.3 Å². The summed E-state index contributed by atoms with van der Waals surface area (Å²) < 4.78 is 23.2. The van der Waals surface area contributed by atoms with Gasteiger partial charge in [-0.25, -0.2) is 13.6 Å². The molecular formula is C19H18BrN3O5S. The summed E-state index contributed by atoms with van der Waals surface area (Å²) in [5.74, 6) is -0.950. The van der Waals surface area contributed by atoms with Gasteiger partial charge in [-0.1, -0.05) is 28.1 Å². The van der Waals surface area contributed by atoms with Crippen molar-refractivity contribution < 1.29 is 22.8 Å². The molecule has 1 heterocycles. The first-order valence-electron chi connectivity index (χ1n) is 8.71. The van der Waals surface area contributed by atoms with Crippen molar-refractivity contribution in [3.05, 3.63) is 63.6 Å². The van der Waals surface area contributed by atoms with Gasteiger partial charge in [-0.2, -0.15) is 0 Å². The maximum atomic E-state index is 12.4. The fourth-order valence-corrected chi connectivity index (χ4v) is 3.83. The zero-order valence-corrected chi connectivity index (χ0v) is 17.6. The Kier molecular flexibility index (Phi) is 6.15. The molecule has 0 atom stereocenters. The molecule has 0 bridgehead atoms. The van der Waals surface area contributed by atoms with Gasteiger partial charge in [-0.15, -0.1) is 0 Å². The Labute approximate surface area is 176 Å². The normalized spacial score (nSPS) is 13.5. The average Bonchev–Trinajstić information content (AvgIpc) is 2.90. The Balaban J connectivity index is 1.47. The second-order valence-corrected chi connectivity index (χ2v) is 9.00. The van der Waals surface area contributed by atoms with E-state index < -0.39 is 10.0 Å². The van der Waals surface area contributed by atoms with E-state index in [1.807, 2.05) is 0 Å². The largest absolute Gasteiger partial charge is 0.352 e. The molecule has 0 saturated heterocycles. The van der Waals surface area contributed by atoms with Gasteiger partial charge < -0.3 is 5.32 Å². The molecule has 2 aromatic carbocycles. The van der Waals surface area contributed by atoms with E-state index in [0.717, 1.165) is 14.9 Å². The number of carbonyl (C=O) groups excluding carboxylic acids is 3. The highest BCUT2D eigenvalue weighted by Crippen LogP contribution is 2.26. The molecule has 8 nitrogen and oxygen atoms in total. The molecule has 1 aliphatic rings. The predicted molar refractivity (Wildman–Crippen MR) is 108 cm³/mol. The summed E-state index contributed by atoms with van der Waals surface area (Å²) in [5.41, 5.74) is 1.44. The molecule has 3 rings (SSSR count). The summed E-state index contributed by atoms with van der Waals surface area (Å²) in [7, 11) is -3.75. The van der Waals surface area contributed by atoms with Crippen molar-refractivity contribution in [2.45, 2.75) is 24.3 Å². The number of primary sulfonamides is 1. The van der Waals surface area contributed by atoms with Crippen LogP contribution in [-0.4, -0.2) is 37.6 Å². The Morgan fingerprint density at radius 2 is 1.69 bits per heavy atom. The van der Waals surface area contributed by atoms with Gasteiger partial charge in [-0.05, 0) is 42.3 Å². The van der Waals surface area contributed by atoms with Gasteiger partial charge in [0.2, 0.25) is 15.9 Å². The van der Waals surface area contributed by atoms with Crippen LogP contribution in [0.2, 0.25) is 0 Å². The highest BCUT2D eigenvalue weighted by atomic mass is 79.9. The number of fused-ring (bicyclic) bond motifs is 1. The number of hydrogen-bond acceptors (Lipinski definition) is 5. The predicted octanol–water partition coefficient (Wildman–Crippen LogP) is 1.79. The molecule has 10 heteroatoms. The number of imide groups is 1. The Morgan fingerprint density at radius 1 is 1.03 bits per heavy atom. The number of sulfonamides is 1. The van der Waals surface area contributed by atoms with Crippen LogP contribution >= 0.6 is 15.9 Å². The van der Waals surface area contributed by atoms with Crippen LogP contribution in [-0.2, 0) is 21.4 Å². The molecule has 0 unspecified atom stereocenters. The fraction of sp³-hybridized carbons (Fsp3) is 0.211. The van der Waals surface area contributed by atoms with Crippen LogP contribution in [0.15, 0.2) is 51.8 Å². The maximum Gasteiger partial charge on any atom is 0.261 e. The Bertz CT molecular complexity index is 1080. The van der Waals surface area contributed by atoms with Crippen molar-refractivity contribution in [3.8, 4) is 0 Å². The zero-order chi connectivity index (χ0) is 21.2. The Morgan fingerprint density at radius 3 is 2.34 bits per heavy atom. The van der Waals surface area contributed by atoms with Crippen LogP contribution in [0, 0.1) is 0 Å². The van der Waals surface area contributed by atoms with Crippen LogP contribution < -0.4 is 10.5 Å². The third-order valence-electron chi connectivity index (χ3n) is 4.46. The highest BCUT2D eigenvalue weighted by Gasteiger charge is 2.35. The number of nitrogens with one attached hydrogen (secondary N) is 1. The summed E-state index contributed by atoms with van der Waals surface area (Å²) in [4.78, 5) is 37.9. The lowest BCUT2D eigenvalue weighted by Gasteiger charge is -2.13. The van der Waals surface area contributed by atoms with E-state index in [0.29, 0.717) is 17.5 Å². The average molecular weight is 480 g/mol. The number of carbonyl (C=O) groups is 3. The molecule has 3 amide bonds. The maximum absolute atomic E-state index is 12.4. The van der Waals surface area contributed by atoms with Crippen molar-refractivity contribution in [2.24, 2.45) is 5.14 Å². The summed E-state index contributed by atoms with van der Waals surface area (Å²) in [6.45, 7) is 0.380. The van der Waals surface area contributed by atoms with Gasteiger partial charge in [0, 0.05) is 24.0 Å². The van der Waals surface area contributed by atoms with Crippen molar-refractivity contribution in [2.75, 3.05) is 6.54 Å². The molecule has 2 aromatic rings. The lowest BCUT2D eigenvalue weighted by Crippen LogP contribution is -2.32. The highest BCUT2D eigenvalue weighted by molar-refractivity contribution is 9.10. The SMILES string of the molecule is NS(=O)(=O)c1ccc(CNC(=O)CCCN2C(=O)c3ccc(Br)cc3C2=O)cc1. The smallest absolute Gasteiger partial charge is 0.261 e. The lowest BCUT2D eigenvalue weighted by atomic mass is 10.1. The Hall–Kier alpha value is -2.56. The van der Waals surface area contributed by atoms with Crippen molar-refractivity contribution in [1.82, 2.24) is 10.2 Å². The number of rotatable bonds is 7.